The van der Waals surface area contributed by atoms with Gasteiger partial charge >= 0.3 is 0 Å². The van der Waals surface area contributed by atoms with Crippen molar-refractivity contribution in [2.24, 2.45) is 23.2 Å². The van der Waals surface area contributed by atoms with Crippen LogP contribution in [-0.2, 0) is 0 Å². The average molecular weight is 235 g/mol. The third-order valence-corrected chi connectivity index (χ3v) is 5.73. The van der Waals surface area contributed by atoms with Crippen LogP contribution in [0.1, 0.15) is 65.2 Å². The highest BCUT2D eigenvalue weighted by Gasteiger charge is 2.53. The zero-order chi connectivity index (χ0) is 11.9. The molecule has 2 unspecified atom stereocenters. The van der Waals surface area contributed by atoms with Crippen LogP contribution in [0.25, 0.3) is 0 Å². The van der Waals surface area contributed by atoms with Crippen LogP contribution in [0.4, 0.5) is 0 Å². The van der Waals surface area contributed by atoms with E-state index in [0.717, 1.165) is 29.2 Å². The summed E-state index contributed by atoms with van der Waals surface area (Å²) < 4.78 is 0. The number of rotatable bonds is 5. The second-order valence-corrected chi connectivity index (χ2v) is 7.32. The molecule has 0 bridgehead atoms. The summed E-state index contributed by atoms with van der Waals surface area (Å²) in [4.78, 5) is 0. The predicted molar refractivity (Wildman–Crippen MR) is 73.0 cm³/mol. The van der Waals surface area contributed by atoms with Gasteiger partial charge in [-0.1, -0.05) is 26.7 Å². The van der Waals surface area contributed by atoms with Gasteiger partial charge < -0.3 is 5.32 Å². The molecule has 1 nitrogen and oxygen atoms in total. The fraction of sp³-hybridized carbons (Fsp3) is 1.00. The van der Waals surface area contributed by atoms with Crippen LogP contribution in [0.3, 0.4) is 0 Å². The number of nitrogens with one attached hydrogen (secondary N) is 1. The molecule has 0 spiro atoms. The molecule has 3 fully saturated rings. The van der Waals surface area contributed by atoms with Crippen LogP contribution in [-0.4, -0.2) is 12.6 Å². The second kappa shape index (κ2) is 4.57. The molecule has 3 aliphatic carbocycles. The summed E-state index contributed by atoms with van der Waals surface area (Å²) in [5, 5.41) is 3.98. The Bertz CT molecular complexity index is 263. The van der Waals surface area contributed by atoms with Crippen LogP contribution in [0, 0.1) is 23.2 Å². The molecule has 3 saturated carbocycles. The van der Waals surface area contributed by atoms with E-state index in [2.05, 4.69) is 19.2 Å². The zero-order valence-electron chi connectivity index (χ0n) is 11.7. The van der Waals surface area contributed by atoms with Gasteiger partial charge in [-0.05, 0) is 61.7 Å². The van der Waals surface area contributed by atoms with Gasteiger partial charge in [0.25, 0.3) is 0 Å². The summed E-state index contributed by atoms with van der Waals surface area (Å²) >= 11 is 0. The van der Waals surface area contributed by atoms with E-state index < -0.39 is 0 Å². The number of hydrogen-bond acceptors (Lipinski definition) is 1. The largest absolute Gasteiger partial charge is 0.313 e. The smallest absolute Gasteiger partial charge is 0.00980 e. The molecule has 0 aromatic heterocycles. The van der Waals surface area contributed by atoms with Gasteiger partial charge in [-0.3, -0.25) is 0 Å². The summed E-state index contributed by atoms with van der Waals surface area (Å²) in [6.45, 7) is 6.17. The molecule has 17 heavy (non-hydrogen) atoms. The highest BCUT2D eigenvalue weighted by atomic mass is 15.0. The normalized spacial score (nSPS) is 36.2. The van der Waals surface area contributed by atoms with Gasteiger partial charge in [-0.15, -0.1) is 0 Å². The summed E-state index contributed by atoms with van der Waals surface area (Å²) in [7, 11) is 0. The molecule has 98 valence electrons. The lowest BCUT2D eigenvalue weighted by Gasteiger charge is -2.36. The fourth-order valence-corrected chi connectivity index (χ4v) is 4.13. The quantitative estimate of drug-likeness (QED) is 0.760. The Kier molecular flexibility index (Phi) is 3.23. The van der Waals surface area contributed by atoms with Crippen molar-refractivity contribution in [3.63, 3.8) is 0 Å². The van der Waals surface area contributed by atoms with Crippen molar-refractivity contribution in [1.82, 2.24) is 5.32 Å². The lowest BCUT2D eigenvalue weighted by molar-refractivity contribution is 0.194. The highest BCUT2D eigenvalue weighted by molar-refractivity contribution is 5.05. The van der Waals surface area contributed by atoms with Crippen molar-refractivity contribution in [2.45, 2.75) is 71.3 Å². The first-order valence-electron chi connectivity index (χ1n) is 7.95. The summed E-state index contributed by atoms with van der Waals surface area (Å²) in [5.74, 6) is 2.92. The van der Waals surface area contributed by atoms with Crippen LogP contribution < -0.4 is 5.32 Å². The Labute approximate surface area is 107 Å². The average Bonchev–Trinajstić information content (AvgIpc) is 3.17. The Morgan fingerprint density at radius 2 is 1.76 bits per heavy atom. The maximum atomic E-state index is 3.98. The Morgan fingerprint density at radius 1 is 1.06 bits per heavy atom. The van der Waals surface area contributed by atoms with Gasteiger partial charge in [-0.2, -0.15) is 0 Å². The van der Waals surface area contributed by atoms with E-state index in [9.17, 15) is 0 Å². The lowest BCUT2D eigenvalue weighted by Crippen LogP contribution is -2.43. The molecule has 0 aromatic rings. The van der Waals surface area contributed by atoms with Crippen molar-refractivity contribution < 1.29 is 0 Å². The number of hydrogen-bond donors (Lipinski definition) is 1. The monoisotopic (exact) mass is 235 g/mol. The van der Waals surface area contributed by atoms with Gasteiger partial charge in [0.2, 0.25) is 0 Å². The zero-order valence-corrected chi connectivity index (χ0v) is 11.7. The summed E-state index contributed by atoms with van der Waals surface area (Å²) in [5.41, 5.74) is 0.777. The minimum Gasteiger partial charge on any atom is -0.313 e. The SMILES string of the molecule is CC(C)C1CCCCC1NCC1(C2CC2)CC1. The van der Waals surface area contributed by atoms with Crippen LogP contribution >= 0.6 is 0 Å². The van der Waals surface area contributed by atoms with E-state index in [-0.39, 0.29) is 0 Å². The first-order chi connectivity index (χ1) is 8.21. The molecule has 0 amide bonds. The van der Waals surface area contributed by atoms with Crippen molar-refractivity contribution >= 4 is 0 Å². The van der Waals surface area contributed by atoms with Crippen LogP contribution in [0.2, 0.25) is 0 Å². The Balaban J connectivity index is 1.52. The molecular weight excluding hydrogens is 206 g/mol. The van der Waals surface area contributed by atoms with Crippen molar-refractivity contribution in [3.8, 4) is 0 Å². The maximum Gasteiger partial charge on any atom is 0.00980 e. The maximum absolute atomic E-state index is 3.98. The molecule has 0 aliphatic heterocycles. The van der Waals surface area contributed by atoms with Gasteiger partial charge in [0.15, 0.2) is 0 Å². The summed E-state index contributed by atoms with van der Waals surface area (Å²) in [6, 6.07) is 0.833. The van der Waals surface area contributed by atoms with E-state index in [0.29, 0.717) is 0 Å². The topological polar surface area (TPSA) is 12.0 Å². The standard InChI is InChI=1S/C16H29N/c1-12(2)14-5-3-4-6-15(14)17-11-16(9-10-16)13-7-8-13/h12-15,17H,3-11H2,1-2H3. The lowest BCUT2D eigenvalue weighted by atomic mass is 9.77. The third kappa shape index (κ3) is 2.54. The molecular formula is C16H29N. The van der Waals surface area contributed by atoms with Gasteiger partial charge in [0.1, 0.15) is 0 Å². The molecule has 0 radical (unpaired) electrons. The third-order valence-electron chi connectivity index (χ3n) is 5.73. The first kappa shape index (κ1) is 12.0. The van der Waals surface area contributed by atoms with E-state index in [1.54, 1.807) is 0 Å². The molecule has 2 atom stereocenters. The van der Waals surface area contributed by atoms with Gasteiger partial charge in [-0.25, -0.2) is 0 Å². The molecule has 0 aromatic carbocycles. The summed E-state index contributed by atoms with van der Waals surface area (Å²) in [6.07, 6.45) is 11.9. The van der Waals surface area contributed by atoms with E-state index >= 15 is 0 Å². The molecule has 3 aliphatic rings. The van der Waals surface area contributed by atoms with Crippen LogP contribution in [0.5, 0.6) is 0 Å². The van der Waals surface area contributed by atoms with Crippen molar-refractivity contribution in [2.75, 3.05) is 6.54 Å². The van der Waals surface area contributed by atoms with Crippen molar-refractivity contribution in [1.29, 1.82) is 0 Å². The van der Waals surface area contributed by atoms with Crippen LogP contribution in [0.15, 0.2) is 0 Å². The fourth-order valence-electron chi connectivity index (χ4n) is 4.13. The minimum absolute atomic E-state index is 0.777. The molecule has 0 heterocycles. The molecule has 1 heteroatoms. The first-order valence-corrected chi connectivity index (χ1v) is 7.95. The predicted octanol–water partition coefficient (Wildman–Crippen LogP) is 3.98. The van der Waals surface area contributed by atoms with E-state index in [1.807, 2.05) is 0 Å². The minimum atomic E-state index is 0.777. The highest BCUT2D eigenvalue weighted by Crippen LogP contribution is 2.60. The van der Waals surface area contributed by atoms with E-state index in [1.165, 1.54) is 57.9 Å². The van der Waals surface area contributed by atoms with Crippen molar-refractivity contribution in [3.05, 3.63) is 0 Å². The molecule has 0 saturated heterocycles. The Morgan fingerprint density at radius 3 is 2.35 bits per heavy atom. The molecule has 1 N–H and O–H groups in total. The van der Waals surface area contributed by atoms with Gasteiger partial charge in [0, 0.05) is 12.6 Å². The van der Waals surface area contributed by atoms with Gasteiger partial charge in [0.05, 0.1) is 0 Å². The Hall–Kier alpha value is -0.0400. The molecule has 3 rings (SSSR count). The van der Waals surface area contributed by atoms with E-state index in [4.69, 9.17) is 0 Å². The second-order valence-electron chi connectivity index (χ2n) is 7.32.